The highest BCUT2D eigenvalue weighted by molar-refractivity contribution is 7.24. The van der Waals surface area contributed by atoms with Gasteiger partial charge in [-0.1, -0.05) is 11.3 Å². The zero-order valence-corrected chi connectivity index (χ0v) is 9.47. The zero-order valence-electron chi connectivity index (χ0n) is 7.84. The van der Waals surface area contributed by atoms with E-state index in [1.165, 1.54) is 11.3 Å². The molecule has 0 amide bonds. The first-order valence-corrected chi connectivity index (χ1v) is 5.97. The summed E-state index contributed by atoms with van der Waals surface area (Å²) in [6, 6.07) is 1.88. The Balaban J connectivity index is 2.24. The highest BCUT2D eigenvalue weighted by Crippen LogP contribution is 2.34. The van der Waals surface area contributed by atoms with E-state index in [0.717, 1.165) is 26.4 Å². The van der Waals surface area contributed by atoms with Crippen LogP contribution < -0.4 is 5.73 Å². The van der Waals surface area contributed by atoms with Gasteiger partial charge in [0.15, 0.2) is 10.8 Å². The first-order chi connectivity index (χ1) is 7.25. The fourth-order valence-electron chi connectivity index (χ4n) is 1.30. The molecule has 7 heteroatoms. The van der Waals surface area contributed by atoms with Crippen molar-refractivity contribution < 1.29 is 0 Å². The molecule has 0 aromatic carbocycles. The Morgan fingerprint density at radius 3 is 2.93 bits per heavy atom. The third-order valence-corrected chi connectivity index (χ3v) is 4.02. The summed E-state index contributed by atoms with van der Waals surface area (Å²) in [5, 5.41) is 15.2. The average Bonchev–Trinajstić information content (AvgIpc) is 2.84. The smallest absolute Gasteiger partial charge is 0.234 e. The van der Waals surface area contributed by atoms with Gasteiger partial charge in [-0.3, -0.25) is 0 Å². The molecular formula is C8H7N5S2. The van der Waals surface area contributed by atoms with Gasteiger partial charge in [-0.2, -0.15) is 9.61 Å². The Bertz CT molecular complexity index is 620. The molecule has 76 valence electrons. The van der Waals surface area contributed by atoms with E-state index >= 15 is 0 Å². The lowest BCUT2D eigenvalue weighted by Crippen LogP contribution is -1.89. The van der Waals surface area contributed by atoms with E-state index in [4.69, 9.17) is 5.73 Å². The maximum atomic E-state index is 5.83. The highest BCUT2D eigenvalue weighted by Gasteiger charge is 2.13. The molecule has 3 heterocycles. The van der Waals surface area contributed by atoms with Crippen molar-refractivity contribution in [1.29, 1.82) is 0 Å². The monoisotopic (exact) mass is 237 g/mol. The average molecular weight is 237 g/mol. The summed E-state index contributed by atoms with van der Waals surface area (Å²) in [4.78, 5) is 1.81. The molecule has 0 saturated carbocycles. The maximum Gasteiger partial charge on any atom is 0.234 e. The van der Waals surface area contributed by atoms with E-state index in [-0.39, 0.29) is 0 Å². The number of hydrogen-bond donors (Lipinski definition) is 1. The number of hydrogen-bond acceptors (Lipinski definition) is 6. The van der Waals surface area contributed by atoms with E-state index < -0.39 is 0 Å². The van der Waals surface area contributed by atoms with Crippen LogP contribution in [0.25, 0.3) is 14.8 Å². The maximum absolute atomic E-state index is 5.83. The number of thiophene rings is 1. The Morgan fingerprint density at radius 1 is 1.40 bits per heavy atom. The fourth-order valence-corrected chi connectivity index (χ4v) is 3.11. The van der Waals surface area contributed by atoms with E-state index in [9.17, 15) is 0 Å². The SMILES string of the molecule is Cc1nnc2sc(-c3sccc3N)nn12. The van der Waals surface area contributed by atoms with E-state index in [1.54, 1.807) is 15.9 Å². The summed E-state index contributed by atoms with van der Waals surface area (Å²) in [6.45, 7) is 1.88. The standard InChI is InChI=1S/C8H7N5S2/c1-4-10-11-8-13(4)12-7(15-8)6-5(9)2-3-14-6/h2-3H,9H2,1H3. The minimum Gasteiger partial charge on any atom is -0.397 e. The Labute approximate surface area is 93.2 Å². The van der Waals surface area contributed by atoms with Gasteiger partial charge in [0.1, 0.15) is 0 Å². The molecule has 3 rings (SSSR count). The number of aromatic nitrogens is 4. The van der Waals surface area contributed by atoms with E-state index in [1.807, 2.05) is 18.4 Å². The summed E-state index contributed by atoms with van der Waals surface area (Å²) in [6.07, 6.45) is 0. The molecule has 0 saturated heterocycles. The molecule has 0 aliphatic carbocycles. The van der Waals surface area contributed by atoms with Crippen molar-refractivity contribution >= 4 is 33.3 Å². The molecule has 0 bridgehead atoms. The minimum atomic E-state index is 0.766. The predicted molar refractivity (Wildman–Crippen MR) is 61.1 cm³/mol. The van der Waals surface area contributed by atoms with Gasteiger partial charge in [0.2, 0.25) is 4.96 Å². The molecule has 0 fully saturated rings. The Kier molecular flexibility index (Phi) is 1.77. The van der Waals surface area contributed by atoms with Crippen LogP contribution in [0.2, 0.25) is 0 Å². The molecule has 0 aliphatic rings. The number of anilines is 1. The van der Waals surface area contributed by atoms with Crippen molar-refractivity contribution in [2.45, 2.75) is 6.92 Å². The molecule has 2 N–H and O–H groups in total. The van der Waals surface area contributed by atoms with Crippen LogP contribution in [-0.2, 0) is 0 Å². The van der Waals surface area contributed by atoms with Crippen LogP contribution >= 0.6 is 22.7 Å². The van der Waals surface area contributed by atoms with Crippen LogP contribution in [0.4, 0.5) is 5.69 Å². The molecule has 15 heavy (non-hydrogen) atoms. The lowest BCUT2D eigenvalue weighted by Gasteiger charge is -1.90. The van der Waals surface area contributed by atoms with Gasteiger partial charge < -0.3 is 5.73 Å². The predicted octanol–water partition coefficient (Wildman–Crippen LogP) is 1.80. The third-order valence-electron chi connectivity index (χ3n) is 2.04. The van der Waals surface area contributed by atoms with E-state index in [2.05, 4.69) is 15.3 Å². The van der Waals surface area contributed by atoms with Crippen LogP contribution in [0.3, 0.4) is 0 Å². The summed E-state index contributed by atoms with van der Waals surface area (Å²) in [5.74, 6) is 0.794. The first kappa shape index (κ1) is 8.81. The zero-order chi connectivity index (χ0) is 10.4. The van der Waals surface area contributed by atoms with Gasteiger partial charge in [-0.15, -0.1) is 21.5 Å². The molecule has 0 spiro atoms. The Hall–Kier alpha value is -1.47. The van der Waals surface area contributed by atoms with Crippen LogP contribution in [0, 0.1) is 6.92 Å². The number of nitrogens with zero attached hydrogens (tertiary/aromatic N) is 4. The molecule has 0 unspecified atom stereocenters. The molecule has 0 atom stereocenters. The van der Waals surface area contributed by atoms with Crippen molar-refractivity contribution in [3.63, 3.8) is 0 Å². The van der Waals surface area contributed by atoms with Gasteiger partial charge in [-0.05, 0) is 18.4 Å². The highest BCUT2D eigenvalue weighted by atomic mass is 32.1. The molecular weight excluding hydrogens is 230 g/mol. The Morgan fingerprint density at radius 2 is 2.27 bits per heavy atom. The molecule has 3 aromatic rings. The topological polar surface area (TPSA) is 69.1 Å². The fraction of sp³-hybridized carbons (Fsp3) is 0.125. The van der Waals surface area contributed by atoms with Gasteiger partial charge in [0.05, 0.1) is 10.6 Å². The quantitative estimate of drug-likeness (QED) is 0.700. The van der Waals surface area contributed by atoms with Crippen molar-refractivity contribution in [1.82, 2.24) is 19.8 Å². The second kappa shape index (κ2) is 3.01. The summed E-state index contributed by atoms with van der Waals surface area (Å²) in [5.41, 5.74) is 6.60. The van der Waals surface area contributed by atoms with Crippen LogP contribution in [0.5, 0.6) is 0 Å². The molecule has 5 nitrogen and oxygen atoms in total. The second-order valence-electron chi connectivity index (χ2n) is 3.05. The van der Waals surface area contributed by atoms with E-state index in [0.29, 0.717) is 0 Å². The summed E-state index contributed by atoms with van der Waals surface area (Å²) >= 11 is 3.09. The lowest BCUT2D eigenvalue weighted by molar-refractivity contribution is 0.898. The number of nitrogen functional groups attached to an aromatic ring is 1. The number of nitrogens with two attached hydrogens (primary N) is 1. The minimum absolute atomic E-state index is 0.766. The van der Waals surface area contributed by atoms with Gasteiger partial charge in [-0.25, -0.2) is 0 Å². The number of fused-ring (bicyclic) bond motifs is 1. The van der Waals surface area contributed by atoms with Crippen molar-refractivity contribution in [2.24, 2.45) is 0 Å². The second-order valence-corrected chi connectivity index (χ2v) is 4.93. The van der Waals surface area contributed by atoms with Gasteiger partial charge >= 0.3 is 0 Å². The lowest BCUT2D eigenvalue weighted by atomic mass is 10.4. The van der Waals surface area contributed by atoms with Crippen molar-refractivity contribution in [3.8, 4) is 9.88 Å². The van der Waals surface area contributed by atoms with Crippen LogP contribution in [-0.4, -0.2) is 19.8 Å². The molecule has 0 aliphatic heterocycles. The van der Waals surface area contributed by atoms with Gasteiger partial charge in [0, 0.05) is 0 Å². The number of rotatable bonds is 1. The van der Waals surface area contributed by atoms with Crippen molar-refractivity contribution in [3.05, 3.63) is 17.3 Å². The number of aryl methyl sites for hydroxylation is 1. The van der Waals surface area contributed by atoms with Crippen molar-refractivity contribution in [2.75, 3.05) is 5.73 Å². The normalized spacial score (nSPS) is 11.3. The molecule has 0 radical (unpaired) electrons. The first-order valence-electron chi connectivity index (χ1n) is 4.28. The summed E-state index contributed by atoms with van der Waals surface area (Å²) < 4.78 is 1.74. The van der Waals surface area contributed by atoms with Crippen LogP contribution in [0.15, 0.2) is 11.4 Å². The van der Waals surface area contributed by atoms with Crippen LogP contribution in [0.1, 0.15) is 5.82 Å². The third kappa shape index (κ3) is 1.24. The van der Waals surface area contributed by atoms with Gasteiger partial charge in [0.25, 0.3) is 0 Å². The largest absolute Gasteiger partial charge is 0.397 e. The molecule has 3 aromatic heterocycles. The summed E-state index contributed by atoms with van der Waals surface area (Å²) in [7, 11) is 0.